The van der Waals surface area contributed by atoms with Gasteiger partial charge in [0.2, 0.25) is 0 Å². The fourth-order valence-electron chi connectivity index (χ4n) is 10.3. The number of Topliss-reactive ketones (excluding diaryl/α,β-unsaturated/α-hetero) is 2. The summed E-state index contributed by atoms with van der Waals surface area (Å²) in [6, 6.07) is 12.9. The SMILES string of the molecule is CC(=O)C1CCC(C(=O)OCC2CCC(C(=O)Oc3ccc(OC(=O)C4CCC(C(C)OC(=O)C5CCC(C(C)=O)CC5)CC4)c4nc(-c5cc6ccccc6o5)sc34)CC2)CC1. The molecule has 0 saturated heterocycles. The molecule has 4 saturated carbocycles. The van der Waals surface area contributed by atoms with Gasteiger partial charge in [-0.1, -0.05) is 18.2 Å². The molecule has 8 rings (SSSR count). The third kappa shape index (κ3) is 10.6. The second-order valence-corrected chi connectivity index (χ2v) is 19.7. The molecule has 12 nitrogen and oxygen atoms in total. The first-order valence-corrected chi connectivity index (χ1v) is 24.0. The average molecular weight is 882 g/mol. The molecule has 63 heavy (non-hydrogen) atoms. The van der Waals surface area contributed by atoms with E-state index in [1.54, 1.807) is 26.0 Å². The van der Waals surface area contributed by atoms with Crippen LogP contribution in [-0.4, -0.2) is 53.1 Å². The topological polar surface area (TPSA) is 165 Å². The van der Waals surface area contributed by atoms with Crippen molar-refractivity contribution in [1.82, 2.24) is 4.98 Å². The molecule has 0 amide bonds. The molecule has 13 heteroatoms. The maximum atomic E-state index is 13.7. The van der Waals surface area contributed by atoms with Gasteiger partial charge in [0.25, 0.3) is 0 Å². The van der Waals surface area contributed by atoms with E-state index in [4.69, 9.17) is 28.3 Å². The number of thiazole rings is 1. The standard InChI is InChI=1S/C50H59NO11S/c1-28(52)32-12-18-35(19-13-32)47(54)58-27-31-8-10-36(11-9-31)50(57)62-42-25-24-41(44-45(42)63-46(51-44)43-26-39-6-4-5-7-40(39)60-43)61-49(56)38-22-16-34(17-23-38)30(3)59-48(55)37-20-14-33(15-21-37)29(2)53/h4-7,24-26,30-38H,8-23,27H2,1-3H3. The number of hydrogen-bond acceptors (Lipinski definition) is 13. The molecule has 0 bridgehead atoms. The zero-order valence-corrected chi connectivity index (χ0v) is 37.4. The van der Waals surface area contributed by atoms with Crippen molar-refractivity contribution in [3.05, 3.63) is 42.5 Å². The summed E-state index contributed by atoms with van der Waals surface area (Å²) >= 11 is 1.31. The lowest BCUT2D eigenvalue weighted by molar-refractivity contribution is -0.159. The van der Waals surface area contributed by atoms with Crippen molar-refractivity contribution in [3.8, 4) is 22.3 Å². The molecule has 0 radical (unpaired) electrons. The van der Waals surface area contributed by atoms with Crippen LogP contribution in [0.3, 0.4) is 0 Å². The van der Waals surface area contributed by atoms with E-state index >= 15 is 0 Å². The highest BCUT2D eigenvalue weighted by Gasteiger charge is 2.36. The Kier molecular flexibility index (Phi) is 14.1. The van der Waals surface area contributed by atoms with Crippen molar-refractivity contribution < 1.29 is 52.1 Å². The van der Waals surface area contributed by atoms with Crippen molar-refractivity contribution in [2.45, 2.75) is 130 Å². The van der Waals surface area contributed by atoms with E-state index < -0.39 is 0 Å². The number of carbonyl (C=O) groups excluding carboxylic acids is 6. The van der Waals surface area contributed by atoms with E-state index in [1.165, 1.54) is 11.3 Å². The number of esters is 4. The van der Waals surface area contributed by atoms with Gasteiger partial charge in [-0.05, 0) is 160 Å². The molecular weight excluding hydrogens is 823 g/mol. The molecule has 4 aliphatic carbocycles. The highest BCUT2D eigenvalue weighted by atomic mass is 32.1. The Morgan fingerprint density at radius 1 is 0.635 bits per heavy atom. The van der Waals surface area contributed by atoms with Crippen LogP contribution in [0, 0.1) is 47.3 Å². The van der Waals surface area contributed by atoms with Crippen LogP contribution in [0.2, 0.25) is 0 Å². The number of carbonyl (C=O) groups is 6. The Hall–Kier alpha value is -4.91. The van der Waals surface area contributed by atoms with Crippen LogP contribution in [0.15, 0.2) is 46.9 Å². The predicted molar refractivity (Wildman–Crippen MR) is 236 cm³/mol. The number of nitrogens with zero attached hydrogens (tertiary/aromatic N) is 1. The summed E-state index contributed by atoms with van der Waals surface area (Å²) in [6.45, 7) is 5.51. The van der Waals surface area contributed by atoms with Crippen molar-refractivity contribution >= 4 is 68.0 Å². The van der Waals surface area contributed by atoms with Crippen LogP contribution < -0.4 is 9.47 Å². The molecule has 4 aromatic rings. The van der Waals surface area contributed by atoms with Crippen molar-refractivity contribution in [2.75, 3.05) is 6.61 Å². The van der Waals surface area contributed by atoms with Gasteiger partial charge in [0.15, 0.2) is 22.3 Å². The molecule has 0 spiro atoms. The summed E-state index contributed by atoms with van der Waals surface area (Å²) in [5.74, 6) is -0.0596. The lowest BCUT2D eigenvalue weighted by Crippen LogP contribution is -2.34. The van der Waals surface area contributed by atoms with Crippen LogP contribution in [0.25, 0.3) is 32.0 Å². The highest BCUT2D eigenvalue weighted by Crippen LogP contribution is 2.44. The quantitative estimate of drug-likeness (QED) is 0.0923. The number of hydrogen-bond donors (Lipinski definition) is 0. The maximum absolute atomic E-state index is 13.7. The zero-order chi connectivity index (χ0) is 44.2. The Bertz CT molecular complexity index is 2280. The summed E-state index contributed by atoms with van der Waals surface area (Å²) in [5.41, 5.74) is 1.12. The zero-order valence-electron chi connectivity index (χ0n) is 36.6. The largest absolute Gasteiger partial charge is 0.465 e. The van der Waals surface area contributed by atoms with Crippen LogP contribution >= 0.6 is 11.3 Å². The van der Waals surface area contributed by atoms with E-state index in [0.717, 1.165) is 56.8 Å². The average Bonchev–Trinajstić information content (AvgIpc) is 3.95. The molecule has 0 N–H and O–H groups in total. The maximum Gasteiger partial charge on any atom is 0.314 e. The van der Waals surface area contributed by atoms with Gasteiger partial charge in [0.05, 0.1) is 30.3 Å². The van der Waals surface area contributed by atoms with Gasteiger partial charge >= 0.3 is 23.9 Å². The summed E-state index contributed by atoms with van der Waals surface area (Å²) in [5, 5.41) is 1.48. The van der Waals surface area contributed by atoms with Gasteiger partial charge in [0, 0.05) is 17.2 Å². The van der Waals surface area contributed by atoms with Gasteiger partial charge < -0.3 is 23.4 Å². The van der Waals surface area contributed by atoms with Crippen LogP contribution in [-0.2, 0) is 38.2 Å². The molecule has 2 aromatic heterocycles. The third-order valence-electron chi connectivity index (χ3n) is 14.5. The lowest BCUT2D eigenvalue weighted by atomic mass is 9.79. The van der Waals surface area contributed by atoms with E-state index in [0.29, 0.717) is 90.3 Å². The summed E-state index contributed by atoms with van der Waals surface area (Å²) < 4.78 is 30.6. The van der Waals surface area contributed by atoms with Crippen LogP contribution in [0.1, 0.15) is 124 Å². The van der Waals surface area contributed by atoms with Crippen LogP contribution in [0.4, 0.5) is 0 Å². The summed E-state index contributed by atoms with van der Waals surface area (Å²) in [7, 11) is 0. The van der Waals surface area contributed by atoms with E-state index in [-0.39, 0.29) is 94.6 Å². The molecule has 4 fully saturated rings. The van der Waals surface area contributed by atoms with E-state index in [2.05, 4.69) is 0 Å². The lowest BCUT2D eigenvalue weighted by Gasteiger charge is -2.32. The van der Waals surface area contributed by atoms with Crippen molar-refractivity contribution in [1.29, 1.82) is 0 Å². The van der Waals surface area contributed by atoms with Gasteiger partial charge in [-0.3, -0.25) is 28.8 Å². The Morgan fingerprint density at radius 2 is 1.14 bits per heavy atom. The minimum Gasteiger partial charge on any atom is -0.465 e. The number of fused-ring (bicyclic) bond motifs is 2. The number of furan rings is 1. The summed E-state index contributed by atoms with van der Waals surface area (Å²) in [4.78, 5) is 81.6. The Morgan fingerprint density at radius 3 is 1.75 bits per heavy atom. The van der Waals surface area contributed by atoms with Crippen molar-refractivity contribution in [3.63, 3.8) is 0 Å². The number of rotatable bonds is 13. The second-order valence-electron chi connectivity index (χ2n) is 18.7. The van der Waals surface area contributed by atoms with Gasteiger partial charge in [-0.25, -0.2) is 4.98 Å². The predicted octanol–water partition coefficient (Wildman–Crippen LogP) is 10.4. The third-order valence-corrected chi connectivity index (χ3v) is 15.6. The fourth-order valence-corrected chi connectivity index (χ4v) is 11.2. The van der Waals surface area contributed by atoms with Gasteiger partial charge in [-0.2, -0.15) is 0 Å². The number of benzene rings is 2. The smallest absolute Gasteiger partial charge is 0.314 e. The fraction of sp³-hybridized carbons (Fsp3) is 0.580. The molecule has 4 aliphatic rings. The first-order valence-electron chi connectivity index (χ1n) is 23.1. The molecule has 0 aliphatic heterocycles. The van der Waals surface area contributed by atoms with E-state index in [1.807, 2.05) is 37.3 Å². The molecule has 336 valence electrons. The summed E-state index contributed by atoms with van der Waals surface area (Å²) in [6.07, 6.45) is 10.8. The molecule has 1 atom stereocenters. The van der Waals surface area contributed by atoms with Gasteiger partial charge in [-0.15, -0.1) is 11.3 Å². The Labute approximate surface area is 372 Å². The number of para-hydroxylation sites is 1. The van der Waals surface area contributed by atoms with Gasteiger partial charge in [0.1, 0.15) is 33.5 Å². The second kappa shape index (κ2) is 19.9. The molecular formula is C50H59NO11S. The number of aromatic nitrogens is 1. The molecule has 2 aromatic carbocycles. The monoisotopic (exact) mass is 881 g/mol. The minimum absolute atomic E-state index is 0.0490. The van der Waals surface area contributed by atoms with Crippen LogP contribution in [0.5, 0.6) is 11.5 Å². The first-order chi connectivity index (χ1) is 30.4. The number of ketones is 2. The Balaban J connectivity index is 0.879. The first kappa shape index (κ1) is 44.7. The highest BCUT2D eigenvalue weighted by molar-refractivity contribution is 7.22. The van der Waals surface area contributed by atoms with E-state index in [9.17, 15) is 28.8 Å². The minimum atomic E-state index is -0.354. The van der Waals surface area contributed by atoms with Crippen molar-refractivity contribution in [2.24, 2.45) is 47.3 Å². The molecule has 1 unspecified atom stereocenters. The number of ether oxygens (including phenoxy) is 4. The normalized spacial score (nSPS) is 27.0. The molecule has 2 heterocycles.